The molecule has 1 aromatic heterocycles. The fraction of sp³-hybridized carbons (Fsp3) is 0.214. The van der Waals surface area contributed by atoms with Gasteiger partial charge in [-0.2, -0.15) is 4.98 Å². The van der Waals surface area contributed by atoms with E-state index in [1.165, 1.54) is 0 Å². The van der Waals surface area contributed by atoms with E-state index in [2.05, 4.69) is 4.98 Å². The number of nitrogens with two attached hydrogens (primary N) is 1. The van der Waals surface area contributed by atoms with Crippen molar-refractivity contribution in [2.24, 2.45) is 0 Å². The Morgan fingerprint density at radius 3 is 2.72 bits per heavy atom. The molecular weight excluding hydrogens is 228 g/mol. The molecule has 0 atom stereocenters. The van der Waals surface area contributed by atoms with Crippen molar-refractivity contribution >= 4 is 5.69 Å². The fourth-order valence-corrected chi connectivity index (χ4v) is 1.52. The van der Waals surface area contributed by atoms with Gasteiger partial charge in [0.15, 0.2) is 5.75 Å². The first-order valence-corrected chi connectivity index (χ1v) is 5.83. The Labute approximate surface area is 106 Å². The van der Waals surface area contributed by atoms with E-state index in [4.69, 9.17) is 15.2 Å². The third-order valence-corrected chi connectivity index (χ3v) is 2.37. The number of nitrogen functional groups attached to an aromatic ring is 1. The molecule has 4 heteroatoms. The molecule has 0 amide bonds. The molecule has 2 aromatic rings. The molecule has 2 N–H and O–H groups in total. The Balaban J connectivity index is 2.22. The van der Waals surface area contributed by atoms with Gasteiger partial charge >= 0.3 is 0 Å². The van der Waals surface area contributed by atoms with Crippen LogP contribution in [0, 0.1) is 6.92 Å². The van der Waals surface area contributed by atoms with Gasteiger partial charge < -0.3 is 15.2 Å². The smallest absolute Gasteiger partial charge is 0.222 e. The Hall–Kier alpha value is -2.23. The predicted octanol–water partition coefficient (Wildman–Crippen LogP) is 3.16. The lowest BCUT2D eigenvalue weighted by atomic mass is 10.2. The first-order valence-electron chi connectivity index (χ1n) is 5.83. The van der Waals surface area contributed by atoms with E-state index in [9.17, 15) is 0 Å². The minimum atomic E-state index is 0.471. The minimum Gasteiger partial charge on any atom is -0.478 e. The van der Waals surface area contributed by atoms with Crippen molar-refractivity contribution in [1.29, 1.82) is 0 Å². The topological polar surface area (TPSA) is 57.4 Å². The summed E-state index contributed by atoms with van der Waals surface area (Å²) in [5.74, 6) is 1.62. The molecule has 0 spiro atoms. The lowest BCUT2D eigenvalue weighted by Crippen LogP contribution is -1.97. The highest BCUT2D eigenvalue weighted by atomic mass is 16.5. The van der Waals surface area contributed by atoms with Gasteiger partial charge in [-0.05, 0) is 31.5 Å². The first-order chi connectivity index (χ1) is 8.69. The summed E-state index contributed by atoms with van der Waals surface area (Å²) in [5, 5.41) is 0. The molecule has 18 heavy (non-hydrogen) atoms. The number of hydrogen-bond donors (Lipinski definition) is 1. The molecule has 0 aliphatic heterocycles. The molecule has 1 heterocycles. The van der Waals surface area contributed by atoms with Gasteiger partial charge in [0.2, 0.25) is 11.8 Å². The lowest BCUT2D eigenvalue weighted by molar-refractivity contribution is 0.321. The van der Waals surface area contributed by atoms with Crippen LogP contribution in [0.5, 0.6) is 17.5 Å². The number of nitrogens with zero attached hydrogens (tertiary/aromatic N) is 1. The van der Waals surface area contributed by atoms with Crippen LogP contribution in [0.2, 0.25) is 0 Å². The van der Waals surface area contributed by atoms with E-state index in [1.54, 1.807) is 12.1 Å². The number of ether oxygens (including phenoxy) is 2. The Morgan fingerprint density at radius 1 is 1.17 bits per heavy atom. The molecule has 1 aromatic carbocycles. The molecule has 0 saturated carbocycles. The van der Waals surface area contributed by atoms with Gasteiger partial charge in [-0.3, -0.25) is 0 Å². The molecule has 0 unspecified atom stereocenters. The average Bonchev–Trinajstić information content (AvgIpc) is 2.35. The van der Waals surface area contributed by atoms with E-state index in [0.717, 1.165) is 5.56 Å². The van der Waals surface area contributed by atoms with E-state index in [-0.39, 0.29) is 0 Å². The molecule has 0 bridgehead atoms. The van der Waals surface area contributed by atoms with Crippen molar-refractivity contribution in [3.05, 3.63) is 42.0 Å². The van der Waals surface area contributed by atoms with E-state index in [1.807, 2.05) is 38.1 Å². The number of hydrogen-bond acceptors (Lipinski definition) is 4. The van der Waals surface area contributed by atoms with E-state index < -0.39 is 0 Å². The number of aromatic nitrogens is 1. The van der Waals surface area contributed by atoms with Crippen molar-refractivity contribution in [2.45, 2.75) is 13.8 Å². The largest absolute Gasteiger partial charge is 0.478 e. The maximum absolute atomic E-state index is 5.85. The minimum absolute atomic E-state index is 0.471. The van der Waals surface area contributed by atoms with Crippen LogP contribution in [-0.4, -0.2) is 11.6 Å². The number of rotatable bonds is 4. The molecule has 4 nitrogen and oxygen atoms in total. The van der Waals surface area contributed by atoms with Gasteiger partial charge in [0, 0.05) is 12.1 Å². The fourth-order valence-electron chi connectivity index (χ4n) is 1.52. The van der Waals surface area contributed by atoms with Crippen LogP contribution in [0.15, 0.2) is 36.4 Å². The Kier molecular flexibility index (Phi) is 3.67. The summed E-state index contributed by atoms with van der Waals surface area (Å²) in [5.41, 5.74) is 7.52. The van der Waals surface area contributed by atoms with Gasteiger partial charge in [-0.25, -0.2) is 0 Å². The molecule has 0 aliphatic rings. The summed E-state index contributed by atoms with van der Waals surface area (Å²) >= 11 is 0. The molecule has 2 rings (SSSR count). The van der Waals surface area contributed by atoms with Gasteiger partial charge in [0.25, 0.3) is 0 Å². The molecule has 0 fully saturated rings. The lowest BCUT2D eigenvalue weighted by Gasteiger charge is -2.09. The summed E-state index contributed by atoms with van der Waals surface area (Å²) in [4.78, 5) is 4.23. The van der Waals surface area contributed by atoms with Gasteiger partial charge in [-0.1, -0.05) is 12.1 Å². The maximum Gasteiger partial charge on any atom is 0.222 e. The number of benzene rings is 1. The van der Waals surface area contributed by atoms with E-state index in [0.29, 0.717) is 29.8 Å². The van der Waals surface area contributed by atoms with E-state index >= 15 is 0 Å². The summed E-state index contributed by atoms with van der Waals surface area (Å²) in [7, 11) is 0. The molecule has 0 radical (unpaired) electrons. The van der Waals surface area contributed by atoms with Crippen LogP contribution in [0.25, 0.3) is 0 Å². The standard InChI is InChI=1S/C14H16N2O2/c1-3-17-13-5-4-6-14(16-13)18-12-9-10(2)7-8-11(12)15/h4-9H,3,15H2,1-2H3. The molecule has 0 aliphatic carbocycles. The summed E-state index contributed by atoms with van der Waals surface area (Å²) < 4.78 is 11.0. The van der Waals surface area contributed by atoms with Crippen molar-refractivity contribution < 1.29 is 9.47 Å². The number of aryl methyl sites for hydroxylation is 1. The van der Waals surface area contributed by atoms with Gasteiger partial charge in [-0.15, -0.1) is 0 Å². The summed E-state index contributed by atoms with van der Waals surface area (Å²) in [6.07, 6.45) is 0. The summed E-state index contributed by atoms with van der Waals surface area (Å²) in [6.45, 7) is 4.47. The van der Waals surface area contributed by atoms with Crippen molar-refractivity contribution in [3.8, 4) is 17.5 Å². The number of anilines is 1. The predicted molar refractivity (Wildman–Crippen MR) is 71.1 cm³/mol. The van der Waals surface area contributed by atoms with Crippen molar-refractivity contribution in [2.75, 3.05) is 12.3 Å². The van der Waals surface area contributed by atoms with Crippen LogP contribution in [0.1, 0.15) is 12.5 Å². The highest BCUT2D eigenvalue weighted by molar-refractivity contribution is 5.54. The highest BCUT2D eigenvalue weighted by Gasteiger charge is 2.04. The monoisotopic (exact) mass is 244 g/mol. The van der Waals surface area contributed by atoms with Crippen LogP contribution >= 0.6 is 0 Å². The first kappa shape index (κ1) is 12.2. The summed E-state index contributed by atoms with van der Waals surface area (Å²) in [6, 6.07) is 11.0. The van der Waals surface area contributed by atoms with Gasteiger partial charge in [0.05, 0.1) is 12.3 Å². The van der Waals surface area contributed by atoms with Crippen LogP contribution in [-0.2, 0) is 0 Å². The Morgan fingerprint density at radius 2 is 1.94 bits per heavy atom. The maximum atomic E-state index is 5.85. The SMILES string of the molecule is CCOc1cccc(Oc2cc(C)ccc2N)n1. The van der Waals surface area contributed by atoms with Crippen LogP contribution in [0.3, 0.4) is 0 Å². The zero-order valence-electron chi connectivity index (χ0n) is 10.5. The second-order valence-electron chi connectivity index (χ2n) is 3.89. The van der Waals surface area contributed by atoms with Crippen molar-refractivity contribution in [3.63, 3.8) is 0 Å². The second kappa shape index (κ2) is 5.40. The quantitative estimate of drug-likeness (QED) is 0.839. The second-order valence-corrected chi connectivity index (χ2v) is 3.89. The van der Waals surface area contributed by atoms with Gasteiger partial charge in [0.1, 0.15) is 0 Å². The molecule has 0 saturated heterocycles. The third kappa shape index (κ3) is 2.91. The zero-order valence-corrected chi connectivity index (χ0v) is 10.5. The Bertz CT molecular complexity index is 541. The van der Waals surface area contributed by atoms with Crippen LogP contribution in [0.4, 0.5) is 5.69 Å². The third-order valence-electron chi connectivity index (χ3n) is 2.37. The average molecular weight is 244 g/mol. The normalized spacial score (nSPS) is 10.1. The van der Waals surface area contributed by atoms with Crippen LogP contribution < -0.4 is 15.2 Å². The molecular formula is C14H16N2O2. The highest BCUT2D eigenvalue weighted by Crippen LogP contribution is 2.28. The zero-order chi connectivity index (χ0) is 13.0. The van der Waals surface area contributed by atoms with Crippen molar-refractivity contribution in [1.82, 2.24) is 4.98 Å². The number of pyridine rings is 1. The molecule has 94 valence electrons.